The third-order valence-corrected chi connectivity index (χ3v) is 5.28. The number of nitrogens with one attached hydrogen (secondary N) is 2. The van der Waals surface area contributed by atoms with Gasteiger partial charge in [0.05, 0.1) is 17.2 Å². The molecule has 1 aliphatic rings. The van der Waals surface area contributed by atoms with Crippen molar-refractivity contribution in [3.63, 3.8) is 0 Å². The highest BCUT2D eigenvalue weighted by atomic mass is 79.9. The number of ether oxygens (including phenoxy) is 3. The average molecular weight is 477 g/mol. The van der Waals surface area contributed by atoms with Crippen LogP contribution in [0.1, 0.15) is 33.6 Å². The molecule has 7 nitrogen and oxygen atoms in total. The first-order chi connectivity index (χ1) is 14.6. The van der Waals surface area contributed by atoms with E-state index >= 15 is 0 Å². The Morgan fingerprint density at radius 1 is 1.10 bits per heavy atom. The molecular formula is C22H25BrN2O5. The van der Waals surface area contributed by atoms with E-state index in [1.807, 2.05) is 0 Å². The minimum absolute atomic E-state index is 0.101. The van der Waals surface area contributed by atoms with Crippen molar-refractivity contribution in [2.45, 2.75) is 18.9 Å². The number of benzene rings is 2. The van der Waals surface area contributed by atoms with Gasteiger partial charge in [-0.3, -0.25) is 9.59 Å². The highest BCUT2D eigenvalue weighted by Gasteiger charge is 2.17. The number of hydrogen-bond donors (Lipinski definition) is 2. The van der Waals surface area contributed by atoms with Gasteiger partial charge in [0.15, 0.2) is 0 Å². The number of methoxy groups -OCH3 is 1. The molecule has 0 aliphatic carbocycles. The maximum Gasteiger partial charge on any atom is 0.255 e. The quantitative estimate of drug-likeness (QED) is 0.539. The van der Waals surface area contributed by atoms with Gasteiger partial charge in [-0.1, -0.05) is 0 Å². The molecule has 0 aromatic heterocycles. The summed E-state index contributed by atoms with van der Waals surface area (Å²) >= 11 is 3.42. The lowest BCUT2D eigenvalue weighted by atomic mass is 10.1. The lowest BCUT2D eigenvalue weighted by Gasteiger charge is -2.12. The summed E-state index contributed by atoms with van der Waals surface area (Å²) in [5.41, 5.74) is 1.62. The molecule has 8 heteroatoms. The van der Waals surface area contributed by atoms with E-state index < -0.39 is 0 Å². The second-order valence-electron chi connectivity index (χ2n) is 6.86. The molecule has 1 aliphatic heterocycles. The second kappa shape index (κ2) is 11.1. The summed E-state index contributed by atoms with van der Waals surface area (Å²) in [4.78, 5) is 24.8. The first-order valence-corrected chi connectivity index (χ1v) is 10.6. The first-order valence-electron chi connectivity index (χ1n) is 9.79. The van der Waals surface area contributed by atoms with E-state index in [-0.39, 0.29) is 17.9 Å². The van der Waals surface area contributed by atoms with Gasteiger partial charge in [-0.2, -0.15) is 0 Å². The predicted molar refractivity (Wildman–Crippen MR) is 117 cm³/mol. The summed E-state index contributed by atoms with van der Waals surface area (Å²) in [6.45, 7) is 2.18. The molecule has 0 spiro atoms. The van der Waals surface area contributed by atoms with Crippen LogP contribution in [0.5, 0.6) is 5.75 Å². The van der Waals surface area contributed by atoms with Crippen LogP contribution in [0.2, 0.25) is 0 Å². The SMILES string of the molecule is COCCOc1ccc(C(=O)Nc2ccc(C(=O)NCC3CCCO3)cc2)cc1Br. The van der Waals surface area contributed by atoms with Crippen molar-refractivity contribution in [1.29, 1.82) is 0 Å². The van der Waals surface area contributed by atoms with Gasteiger partial charge in [-0.15, -0.1) is 0 Å². The van der Waals surface area contributed by atoms with E-state index in [4.69, 9.17) is 14.2 Å². The number of hydrogen-bond acceptors (Lipinski definition) is 5. The molecule has 1 saturated heterocycles. The highest BCUT2D eigenvalue weighted by molar-refractivity contribution is 9.10. The van der Waals surface area contributed by atoms with E-state index in [2.05, 4.69) is 26.6 Å². The standard InChI is InChI=1S/C22H25BrN2O5/c1-28-11-12-30-20-9-6-16(13-19(20)23)22(27)25-17-7-4-15(5-8-17)21(26)24-14-18-3-2-10-29-18/h4-9,13,18H,2-3,10-12,14H2,1H3,(H,24,26)(H,25,27). The fourth-order valence-corrected chi connectivity index (χ4v) is 3.51. The molecule has 3 rings (SSSR count). The fraction of sp³-hybridized carbons (Fsp3) is 0.364. The Bertz CT molecular complexity index is 866. The van der Waals surface area contributed by atoms with E-state index in [1.165, 1.54) is 0 Å². The first kappa shape index (κ1) is 22.3. The van der Waals surface area contributed by atoms with Crippen LogP contribution in [0, 0.1) is 0 Å². The topological polar surface area (TPSA) is 85.9 Å². The molecule has 2 aromatic carbocycles. The van der Waals surface area contributed by atoms with E-state index in [0.29, 0.717) is 46.8 Å². The van der Waals surface area contributed by atoms with Crippen LogP contribution >= 0.6 is 15.9 Å². The number of halogens is 1. The lowest BCUT2D eigenvalue weighted by molar-refractivity contribution is 0.0857. The molecule has 2 amide bonds. The third-order valence-electron chi connectivity index (χ3n) is 4.66. The zero-order valence-electron chi connectivity index (χ0n) is 16.8. The number of carbonyl (C=O) groups is 2. The van der Waals surface area contributed by atoms with E-state index in [1.54, 1.807) is 49.6 Å². The van der Waals surface area contributed by atoms with Crippen molar-refractivity contribution in [1.82, 2.24) is 5.32 Å². The molecule has 1 unspecified atom stereocenters. The van der Waals surface area contributed by atoms with Crippen molar-refractivity contribution in [2.24, 2.45) is 0 Å². The Morgan fingerprint density at radius 3 is 2.53 bits per heavy atom. The van der Waals surface area contributed by atoms with Crippen LogP contribution in [0.15, 0.2) is 46.9 Å². The number of amides is 2. The van der Waals surface area contributed by atoms with Crippen molar-refractivity contribution in [3.05, 3.63) is 58.1 Å². The molecule has 2 aromatic rings. The molecular weight excluding hydrogens is 452 g/mol. The van der Waals surface area contributed by atoms with Crippen molar-refractivity contribution in [3.8, 4) is 5.75 Å². The molecule has 160 valence electrons. The molecule has 1 fully saturated rings. The van der Waals surface area contributed by atoms with Gasteiger partial charge in [0.2, 0.25) is 0 Å². The van der Waals surface area contributed by atoms with Crippen LogP contribution in [0.3, 0.4) is 0 Å². The average Bonchev–Trinajstić information content (AvgIpc) is 3.27. The lowest BCUT2D eigenvalue weighted by Crippen LogP contribution is -2.31. The van der Waals surface area contributed by atoms with Gasteiger partial charge >= 0.3 is 0 Å². The van der Waals surface area contributed by atoms with Crippen LogP contribution in [0.4, 0.5) is 5.69 Å². The van der Waals surface area contributed by atoms with Crippen molar-refractivity contribution in [2.75, 3.05) is 38.8 Å². The summed E-state index contributed by atoms with van der Waals surface area (Å²) in [7, 11) is 1.61. The number of anilines is 1. The molecule has 1 atom stereocenters. The zero-order valence-corrected chi connectivity index (χ0v) is 18.4. The van der Waals surface area contributed by atoms with Crippen LogP contribution in [-0.2, 0) is 9.47 Å². The molecule has 0 bridgehead atoms. The van der Waals surface area contributed by atoms with Crippen LogP contribution in [-0.4, -0.2) is 51.4 Å². The van der Waals surface area contributed by atoms with Gasteiger partial charge in [0.25, 0.3) is 11.8 Å². The fourth-order valence-electron chi connectivity index (χ4n) is 3.02. The molecule has 2 N–H and O–H groups in total. The minimum Gasteiger partial charge on any atom is -0.490 e. The summed E-state index contributed by atoms with van der Waals surface area (Å²) in [5.74, 6) is 0.230. The zero-order chi connectivity index (χ0) is 21.3. The molecule has 0 radical (unpaired) electrons. The van der Waals surface area contributed by atoms with Gasteiger partial charge in [0, 0.05) is 37.1 Å². The molecule has 0 saturated carbocycles. The van der Waals surface area contributed by atoms with Crippen molar-refractivity contribution >= 4 is 33.4 Å². The van der Waals surface area contributed by atoms with Gasteiger partial charge < -0.3 is 24.8 Å². The Hall–Kier alpha value is -2.42. The monoisotopic (exact) mass is 476 g/mol. The summed E-state index contributed by atoms with van der Waals surface area (Å²) in [6.07, 6.45) is 2.11. The Morgan fingerprint density at radius 2 is 1.87 bits per heavy atom. The van der Waals surface area contributed by atoms with Crippen LogP contribution in [0.25, 0.3) is 0 Å². The van der Waals surface area contributed by atoms with E-state index in [0.717, 1.165) is 19.4 Å². The highest BCUT2D eigenvalue weighted by Crippen LogP contribution is 2.26. The minimum atomic E-state index is -0.255. The normalized spacial score (nSPS) is 15.6. The number of rotatable bonds is 9. The smallest absolute Gasteiger partial charge is 0.255 e. The third kappa shape index (κ3) is 6.29. The largest absolute Gasteiger partial charge is 0.490 e. The maximum absolute atomic E-state index is 12.5. The van der Waals surface area contributed by atoms with Gasteiger partial charge in [0.1, 0.15) is 12.4 Å². The summed E-state index contributed by atoms with van der Waals surface area (Å²) < 4.78 is 16.7. The van der Waals surface area contributed by atoms with Gasteiger partial charge in [-0.25, -0.2) is 0 Å². The maximum atomic E-state index is 12.5. The van der Waals surface area contributed by atoms with Crippen LogP contribution < -0.4 is 15.4 Å². The second-order valence-corrected chi connectivity index (χ2v) is 7.72. The predicted octanol–water partition coefficient (Wildman–Crippen LogP) is 3.64. The number of carbonyl (C=O) groups excluding carboxylic acids is 2. The Labute approximate surface area is 184 Å². The molecule has 1 heterocycles. The summed E-state index contributed by atoms with van der Waals surface area (Å²) in [5, 5.41) is 5.71. The Balaban J connectivity index is 1.53. The van der Waals surface area contributed by atoms with E-state index in [9.17, 15) is 9.59 Å². The van der Waals surface area contributed by atoms with Gasteiger partial charge in [-0.05, 0) is 71.2 Å². The summed E-state index contributed by atoms with van der Waals surface area (Å²) in [6, 6.07) is 11.9. The molecule has 30 heavy (non-hydrogen) atoms. The Kier molecular flexibility index (Phi) is 8.24. The van der Waals surface area contributed by atoms with Crippen molar-refractivity contribution < 1.29 is 23.8 Å².